The van der Waals surface area contributed by atoms with Crippen LogP contribution in [0, 0.1) is 16.0 Å². The van der Waals surface area contributed by atoms with Gasteiger partial charge in [-0.2, -0.15) is 0 Å². The van der Waals surface area contributed by atoms with E-state index in [2.05, 4.69) is 19.2 Å². The molecule has 88 valence electrons. The number of hydrogen-bond acceptors (Lipinski definition) is 3. The Hall–Kier alpha value is -1.29. The van der Waals surface area contributed by atoms with Gasteiger partial charge >= 0.3 is 0 Å². The number of nitro benzene ring substituents is 1. The maximum absolute atomic E-state index is 10.5. The van der Waals surface area contributed by atoms with Gasteiger partial charge in [0.05, 0.1) is 4.92 Å². The molecular formula is C11H15ClN2O2. The van der Waals surface area contributed by atoms with Crippen LogP contribution in [0.4, 0.5) is 11.4 Å². The number of rotatable bonds is 5. The molecular weight excluding hydrogens is 228 g/mol. The van der Waals surface area contributed by atoms with Crippen LogP contribution in [-0.4, -0.2) is 16.8 Å². The second kappa shape index (κ2) is 5.70. The number of alkyl halides is 1. The lowest BCUT2D eigenvalue weighted by atomic mass is 10.1. The minimum Gasteiger partial charge on any atom is -0.381 e. The van der Waals surface area contributed by atoms with Gasteiger partial charge in [-0.3, -0.25) is 10.1 Å². The molecule has 1 rings (SSSR count). The Labute approximate surface area is 99.8 Å². The largest absolute Gasteiger partial charge is 0.381 e. The van der Waals surface area contributed by atoms with Gasteiger partial charge < -0.3 is 5.32 Å². The summed E-state index contributed by atoms with van der Waals surface area (Å²) in [7, 11) is 0. The van der Waals surface area contributed by atoms with Crippen LogP contribution < -0.4 is 5.32 Å². The lowest BCUT2D eigenvalue weighted by Crippen LogP contribution is -2.27. The maximum atomic E-state index is 10.5. The fourth-order valence-corrected chi connectivity index (χ4v) is 1.71. The smallest absolute Gasteiger partial charge is 0.269 e. The molecule has 16 heavy (non-hydrogen) atoms. The van der Waals surface area contributed by atoms with Crippen molar-refractivity contribution in [2.45, 2.75) is 19.9 Å². The molecule has 1 aromatic rings. The molecule has 0 radical (unpaired) electrons. The zero-order chi connectivity index (χ0) is 12.1. The molecule has 4 nitrogen and oxygen atoms in total. The van der Waals surface area contributed by atoms with E-state index in [9.17, 15) is 10.1 Å². The van der Waals surface area contributed by atoms with Gasteiger partial charge in [0.25, 0.3) is 5.69 Å². The number of non-ortho nitro benzene ring substituents is 1. The van der Waals surface area contributed by atoms with E-state index in [0.717, 1.165) is 5.69 Å². The fourth-order valence-electron chi connectivity index (χ4n) is 1.28. The predicted octanol–water partition coefficient (Wildman–Crippen LogP) is 3.27. The molecule has 0 unspecified atom stereocenters. The third kappa shape index (κ3) is 3.38. The van der Waals surface area contributed by atoms with Crippen LogP contribution in [-0.2, 0) is 0 Å². The first-order chi connectivity index (χ1) is 7.54. The molecule has 0 fully saturated rings. The quantitative estimate of drug-likeness (QED) is 0.490. The molecule has 0 spiro atoms. The molecule has 0 aromatic heterocycles. The molecule has 5 heteroatoms. The van der Waals surface area contributed by atoms with E-state index in [1.165, 1.54) is 12.1 Å². The van der Waals surface area contributed by atoms with Crippen molar-refractivity contribution in [3.63, 3.8) is 0 Å². The summed E-state index contributed by atoms with van der Waals surface area (Å²) < 4.78 is 0. The zero-order valence-corrected chi connectivity index (χ0v) is 10.1. The molecule has 0 bridgehead atoms. The molecule has 0 saturated heterocycles. The van der Waals surface area contributed by atoms with Crippen LogP contribution in [0.2, 0.25) is 0 Å². The van der Waals surface area contributed by atoms with Gasteiger partial charge in [-0.05, 0) is 18.1 Å². The Morgan fingerprint density at radius 3 is 2.31 bits per heavy atom. The van der Waals surface area contributed by atoms with Crippen LogP contribution in [0.25, 0.3) is 0 Å². The highest BCUT2D eigenvalue weighted by molar-refractivity contribution is 6.18. The van der Waals surface area contributed by atoms with Crippen molar-refractivity contribution in [1.82, 2.24) is 0 Å². The minimum atomic E-state index is -0.411. The van der Waals surface area contributed by atoms with Gasteiger partial charge in [0.2, 0.25) is 0 Å². The summed E-state index contributed by atoms with van der Waals surface area (Å²) in [6, 6.07) is 6.52. The Balaban J connectivity index is 2.71. The highest BCUT2D eigenvalue weighted by Crippen LogP contribution is 2.18. The lowest BCUT2D eigenvalue weighted by Gasteiger charge is -2.20. The standard InChI is InChI=1S/C11H15ClN2O2/c1-8(2)11(7-12)13-9-3-5-10(6-4-9)14(15)16/h3-6,8,11,13H,7H2,1-2H3/t11-/m1/s1. The van der Waals surface area contributed by atoms with E-state index in [1.54, 1.807) is 12.1 Å². The van der Waals surface area contributed by atoms with E-state index < -0.39 is 4.92 Å². The van der Waals surface area contributed by atoms with Crippen LogP contribution in [0.15, 0.2) is 24.3 Å². The molecule has 0 aliphatic heterocycles. The summed E-state index contributed by atoms with van der Waals surface area (Å²) in [4.78, 5) is 10.1. The first-order valence-corrected chi connectivity index (χ1v) is 5.65. The number of nitrogens with one attached hydrogen (secondary N) is 1. The van der Waals surface area contributed by atoms with Gasteiger partial charge in [0.1, 0.15) is 0 Å². The minimum absolute atomic E-state index is 0.0949. The number of nitrogens with zero attached hydrogens (tertiary/aromatic N) is 1. The van der Waals surface area contributed by atoms with Crippen molar-refractivity contribution >= 4 is 23.0 Å². The summed E-state index contributed by atoms with van der Waals surface area (Å²) in [6.45, 7) is 4.15. The van der Waals surface area contributed by atoms with E-state index >= 15 is 0 Å². The molecule has 1 atom stereocenters. The predicted molar refractivity (Wildman–Crippen MR) is 66.1 cm³/mol. The highest BCUT2D eigenvalue weighted by atomic mass is 35.5. The number of halogens is 1. The number of hydrogen-bond donors (Lipinski definition) is 1. The van der Waals surface area contributed by atoms with Gasteiger partial charge in [-0.15, -0.1) is 11.6 Å². The monoisotopic (exact) mass is 242 g/mol. The molecule has 0 saturated carbocycles. The number of benzene rings is 1. The Kier molecular flexibility index (Phi) is 4.55. The zero-order valence-electron chi connectivity index (χ0n) is 9.31. The van der Waals surface area contributed by atoms with Crippen molar-refractivity contribution < 1.29 is 4.92 Å². The number of nitro groups is 1. The average molecular weight is 243 g/mol. The lowest BCUT2D eigenvalue weighted by molar-refractivity contribution is -0.384. The molecule has 0 aliphatic carbocycles. The van der Waals surface area contributed by atoms with Crippen molar-refractivity contribution in [2.75, 3.05) is 11.2 Å². The van der Waals surface area contributed by atoms with E-state index in [4.69, 9.17) is 11.6 Å². The summed E-state index contributed by atoms with van der Waals surface area (Å²) >= 11 is 5.82. The topological polar surface area (TPSA) is 55.2 Å². The number of anilines is 1. The van der Waals surface area contributed by atoms with E-state index in [-0.39, 0.29) is 11.7 Å². The highest BCUT2D eigenvalue weighted by Gasteiger charge is 2.12. The maximum Gasteiger partial charge on any atom is 0.269 e. The first-order valence-electron chi connectivity index (χ1n) is 5.11. The fraction of sp³-hybridized carbons (Fsp3) is 0.455. The third-order valence-electron chi connectivity index (χ3n) is 2.40. The normalized spacial score (nSPS) is 12.5. The summed E-state index contributed by atoms with van der Waals surface area (Å²) in [5.41, 5.74) is 0.947. The van der Waals surface area contributed by atoms with Crippen molar-refractivity contribution in [2.24, 2.45) is 5.92 Å². The summed E-state index contributed by atoms with van der Waals surface area (Å²) in [5.74, 6) is 0.918. The Morgan fingerprint density at radius 1 is 1.38 bits per heavy atom. The summed E-state index contributed by atoms with van der Waals surface area (Å²) in [5, 5.41) is 13.7. The second-order valence-corrected chi connectivity index (χ2v) is 4.26. The van der Waals surface area contributed by atoms with Gasteiger partial charge in [-0.1, -0.05) is 13.8 Å². The van der Waals surface area contributed by atoms with Crippen molar-refractivity contribution in [3.05, 3.63) is 34.4 Å². The first kappa shape index (κ1) is 12.8. The molecule has 0 amide bonds. The third-order valence-corrected chi connectivity index (χ3v) is 2.73. The van der Waals surface area contributed by atoms with Gasteiger partial charge in [0.15, 0.2) is 0 Å². The Morgan fingerprint density at radius 2 is 1.94 bits per heavy atom. The van der Waals surface area contributed by atoms with Crippen LogP contribution >= 0.6 is 11.6 Å². The Bertz CT molecular complexity index is 352. The van der Waals surface area contributed by atoms with Crippen LogP contribution in [0.5, 0.6) is 0 Å². The molecule has 1 aromatic carbocycles. The second-order valence-electron chi connectivity index (χ2n) is 3.95. The SMILES string of the molecule is CC(C)[C@@H](CCl)Nc1ccc([N+](=O)[O-])cc1. The average Bonchev–Trinajstić information content (AvgIpc) is 2.26. The van der Waals surface area contributed by atoms with E-state index in [0.29, 0.717) is 11.8 Å². The van der Waals surface area contributed by atoms with Crippen molar-refractivity contribution in [3.8, 4) is 0 Å². The van der Waals surface area contributed by atoms with Crippen LogP contribution in [0.3, 0.4) is 0 Å². The van der Waals surface area contributed by atoms with E-state index in [1.807, 2.05) is 0 Å². The van der Waals surface area contributed by atoms with Gasteiger partial charge in [-0.25, -0.2) is 0 Å². The molecule has 0 aliphatic rings. The molecule has 0 heterocycles. The van der Waals surface area contributed by atoms with Crippen LogP contribution in [0.1, 0.15) is 13.8 Å². The van der Waals surface area contributed by atoms with Crippen molar-refractivity contribution in [1.29, 1.82) is 0 Å². The molecule has 1 N–H and O–H groups in total. The summed E-state index contributed by atoms with van der Waals surface area (Å²) in [6.07, 6.45) is 0. The van der Waals surface area contributed by atoms with Gasteiger partial charge in [0, 0.05) is 29.7 Å².